The predicted octanol–water partition coefficient (Wildman–Crippen LogP) is 1.59. The fourth-order valence-corrected chi connectivity index (χ4v) is 1.34. The van der Waals surface area contributed by atoms with Crippen molar-refractivity contribution >= 4 is 23.2 Å². The van der Waals surface area contributed by atoms with Crippen molar-refractivity contribution in [3.63, 3.8) is 0 Å². The lowest BCUT2D eigenvalue weighted by atomic mass is 10.3. The molecule has 2 aromatic rings. The van der Waals surface area contributed by atoms with E-state index in [1.165, 1.54) is 19.5 Å². The van der Waals surface area contributed by atoms with Gasteiger partial charge in [-0.05, 0) is 24.3 Å². The number of nitrogens with two attached hydrogens (primary N) is 1. The van der Waals surface area contributed by atoms with E-state index in [4.69, 9.17) is 5.73 Å². The first-order valence-electron chi connectivity index (χ1n) is 5.22. The maximum absolute atomic E-state index is 11.3. The third kappa shape index (κ3) is 2.73. The van der Waals surface area contributed by atoms with Gasteiger partial charge in [0.2, 0.25) is 0 Å². The normalized spacial score (nSPS) is 9.83. The second kappa shape index (κ2) is 5.13. The maximum Gasteiger partial charge on any atom is 0.358 e. The number of hydrogen-bond acceptors (Lipinski definition) is 6. The fourth-order valence-electron chi connectivity index (χ4n) is 1.34. The molecule has 1 aromatic carbocycles. The molecule has 0 radical (unpaired) electrons. The summed E-state index contributed by atoms with van der Waals surface area (Å²) in [6.07, 6.45) is 2.86. The molecule has 6 heteroatoms. The summed E-state index contributed by atoms with van der Waals surface area (Å²) >= 11 is 0. The van der Waals surface area contributed by atoms with Crippen molar-refractivity contribution in [2.45, 2.75) is 0 Å². The molecule has 6 nitrogen and oxygen atoms in total. The van der Waals surface area contributed by atoms with Crippen molar-refractivity contribution in [1.29, 1.82) is 0 Å². The van der Waals surface area contributed by atoms with Crippen LogP contribution in [0, 0.1) is 0 Å². The maximum atomic E-state index is 11.3. The summed E-state index contributed by atoms with van der Waals surface area (Å²) in [6.45, 7) is 0. The molecule has 0 aliphatic rings. The molecule has 0 amide bonds. The van der Waals surface area contributed by atoms with E-state index in [9.17, 15) is 4.79 Å². The number of carbonyl (C=O) groups is 1. The number of ether oxygens (including phenoxy) is 1. The van der Waals surface area contributed by atoms with Crippen LogP contribution in [0.3, 0.4) is 0 Å². The lowest BCUT2D eigenvalue weighted by Crippen LogP contribution is -2.06. The Hall–Kier alpha value is -2.63. The number of nitrogens with one attached hydrogen (secondary N) is 1. The minimum Gasteiger partial charge on any atom is -0.464 e. The summed E-state index contributed by atoms with van der Waals surface area (Å²) in [7, 11) is 1.30. The Kier molecular flexibility index (Phi) is 3.38. The molecule has 92 valence electrons. The van der Waals surface area contributed by atoms with Crippen LogP contribution < -0.4 is 11.1 Å². The molecule has 0 aliphatic heterocycles. The minimum atomic E-state index is -0.525. The predicted molar refractivity (Wildman–Crippen MR) is 67.5 cm³/mol. The number of methoxy groups -OCH3 is 1. The quantitative estimate of drug-likeness (QED) is 0.629. The number of carbonyl (C=O) groups excluding carboxylic acids is 1. The molecular formula is C12H12N4O2. The van der Waals surface area contributed by atoms with Gasteiger partial charge in [-0.3, -0.25) is 4.98 Å². The van der Waals surface area contributed by atoms with E-state index in [0.29, 0.717) is 11.5 Å². The largest absolute Gasteiger partial charge is 0.464 e. The van der Waals surface area contributed by atoms with E-state index >= 15 is 0 Å². The van der Waals surface area contributed by atoms with Crippen LogP contribution in [0.2, 0.25) is 0 Å². The number of rotatable bonds is 3. The van der Waals surface area contributed by atoms with Gasteiger partial charge < -0.3 is 15.8 Å². The van der Waals surface area contributed by atoms with E-state index < -0.39 is 5.97 Å². The first-order chi connectivity index (χ1) is 8.69. The van der Waals surface area contributed by atoms with Crippen LogP contribution in [0.15, 0.2) is 36.7 Å². The van der Waals surface area contributed by atoms with Crippen molar-refractivity contribution in [3.05, 3.63) is 42.4 Å². The Morgan fingerprint density at radius 1 is 1.28 bits per heavy atom. The number of esters is 1. The summed E-state index contributed by atoms with van der Waals surface area (Å²) < 4.78 is 4.57. The number of benzene rings is 1. The third-order valence-corrected chi connectivity index (χ3v) is 2.21. The molecular weight excluding hydrogens is 232 g/mol. The van der Waals surface area contributed by atoms with Gasteiger partial charge in [0.25, 0.3) is 0 Å². The zero-order valence-corrected chi connectivity index (χ0v) is 9.75. The van der Waals surface area contributed by atoms with Crippen LogP contribution in [0.1, 0.15) is 10.5 Å². The summed E-state index contributed by atoms with van der Waals surface area (Å²) in [5.74, 6) is -0.0638. The van der Waals surface area contributed by atoms with Crippen LogP contribution in [0.5, 0.6) is 0 Å². The fraction of sp³-hybridized carbons (Fsp3) is 0.0833. The standard InChI is InChI=1S/C12H12N4O2/c1-18-12(17)10-6-14-7-11(16-10)15-9-4-2-8(13)3-5-9/h2-7H,13H2,1H3,(H,15,16). The first-order valence-corrected chi connectivity index (χ1v) is 5.22. The molecule has 2 rings (SSSR count). The smallest absolute Gasteiger partial charge is 0.358 e. The molecule has 1 heterocycles. The molecule has 18 heavy (non-hydrogen) atoms. The van der Waals surface area contributed by atoms with Gasteiger partial charge >= 0.3 is 5.97 Å². The van der Waals surface area contributed by atoms with Crippen LogP contribution in [-0.2, 0) is 4.74 Å². The Morgan fingerprint density at radius 3 is 2.67 bits per heavy atom. The number of aromatic nitrogens is 2. The highest BCUT2D eigenvalue weighted by Gasteiger charge is 2.08. The Bertz CT molecular complexity index is 554. The minimum absolute atomic E-state index is 0.151. The van der Waals surface area contributed by atoms with Gasteiger partial charge in [-0.1, -0.05) is 0 Å². The highest BCUT2D eigenvalue weighted by atomic mass is 16.5. The van der Waals surface area contributed by atoms with Gasteiger partial charge in [0.1, 0.15) is 5.82 Å². The summed E-state index contributed by atoms with van der Waals surface area (Å²) in [4.78, 5) is 19.3. The van der Waals surface area contributed by atoms with Crippen molar-refractivity contribution in [3.8, 4) is 0 Å². The molecule has 0 unspecified atom stereocenters. The van der Waals surface area contributed by atoms with E-state index in [1.54, 1.807) is 12.1 Å². The van der Waals surface area contributed by atoms with Crippen LogP contribution in [-0.4, -0.2) is 23.0 Å². The molecule has 0 spiro atoms. The number of nitrogen functional groups attached to an aromatic ring is 1. The van der Waals surface area contributed by atoms with Crippen molar-refractivity contribution in [1.82, 2.24) is 9.97 Å². The summed E-state index contributed by atoms with van der Waals surface area (Å²) in [5, 5.41) is 3.01. The molecule has 0 aliphatic carbocycles. The molecule has 0 saturated carbocycles. The monoisotopic (exact) mass is 244 g/mol. The highest BCUT2D eigenvalue weighted by molar-refractivity contribution is 5.87. The van der Waals surface area contributed by atoms with E-state index in [-0.39, 0.29) is 5.69 Å². The Balaban J connectivity index is 2.19. The number of nitrogens with zero attached hydrogens (tertiary/aromatic N) is 2. The van der Waals surface area contributed by atoms with Gasteiger partial charge in [-0.2, -0.15) is 0 Å². The van der Waals surface area contributed by atoms with Crippen LogP contribution >= 0.6 is 0 Å². The van der Waals surface area contributed by atoms with Crippen molar-refractivity contribution in [2.24, 2.45) is 0 Å². The van der Waals surface area contributed by atoms with Crippen LogP contribution in [0.25, 0.3) is 0 Å². The average molecular weight is 244 g/mol. The summed E-state index contributed by atoms with van der Waals surface area (Å²) in [5.41, 5.74) is 7.22. The van der Waals surface area contributed by atoms with Gasteiger partial charge in [0, 0.05) is 11.4 Å². The molecule has 1 aromatic heterocycles. The molecule has 0 fully saturated rings. The van der Waals surface area contributed by atoms with E-state index in [2.05, 4.69) is 20.0 Å². The lowest BCUT2D eigenvalue weighted by Gasteiger charge is -2.06. The van der Waals surface area contributed by atoms with Gasteiger partial charge in [-0.15, -0.1) is 0 Å². The zero-order valence-electron chi connectivity index (χ0n) is 9.75. The lowest BCUT2D eigenvalue weighted by molar-refractivity contribution is 0.0593. The number of hydrogen-bond donors (Lipinski definition) is 2. The second-order valence-corrected chi connectivity index (χ2v) is 3.53. The summed E-state index contributed by atoms with van der Waals surface area (Å²) in [6, 6.07) is 7.14. The SMILES string of the molecule is COC(=O)c1cncc(Nc2ccc(N)cc2)n1. The van der Waals surface area contributed by atoms with Crippen LogP contribution in [0.4, 0.5) is 17.2 Å². The van der Waals surface area contributed by atoms with E-state index in [1.807, 2.05) is 12.1 Å². The molecule has 0 atom stereocenters. The van der Waals surface area contributed by atoms with E-state index in [0.717, 1.165) is 5.69 Å². The topological polar surface area (TPSA) is 90.1 Å². The highest BCUT2D eigenvalue weighted by Crippen LogP contribution is 2.15. The molecule has 3 N–H and O–H groups in total. The first kappa shape index (κ1) is 11.8. The number of anilines is 3. The Morgan fingerprint density at radius 2 is 2.00 bits per heavy atom. The van der Waals surface area contributed by atoms with Crippen molar-refractivity contribution in [2.75, 3.05) is 18.2 Å². The Labute approximate surface area is 104 Å². The van der Waals surface area contributed by atoms with Gasteiger partial charge in [-0.25, -0.2) is 9.78 Å². The molecule has 0 bridgehead atoms. The van der Waals surface area contributed by atoms with Crippen molar-refractivity contribution < 1.29 is 9.53 Å². The van der Waals surface area contributed by atoms with Gasteiger partial charge in [0.05, 0.1) is 19.5 Å². The second-order valence-electron chi connectivity index (χ2n) is 3.53. The zero-order chi connectivity index (χ0) is 13.0. The average Bonchev–Trinajstić information content (AvgIpc) is 2.41. The van der Waals surface area contributed by atoms with Gasteiger partial charge in [0.15, 0.2) is 5.69 Å². The third-order valence-electron chi connectivity index (χ3n) is 2.21. The molecule has 0 saturated heterocycles.